The molecule has 0 bridgehead atoms. The van der Waals surface area contributed by atoms with Crippen LogP contribution in [0.25, 0.3) is 111 Å². The van der Waals surface area contributed by atoms with E-state index in [1.807, 2.05) is 48.5 Å². The van der Waals surface area contributed by atoms with Crippen LogP contribution < -0.4 is 20.7 Å². The fourth-order valence-corrected chi connectivity index (χ4v) is 18.6. The second kappa shape index (κ2) is 22.4. The Bertz CT molecular complexity index is 5040. The first-order chi connectivity index (χ1) is 44.1. The predicted molar refractivity (Wildman–Crippen MR) is 376 cm³/mol. The summed E-state index contributed by atoms with van der Waals surface area (Å²) in [4.78, 5) is 14.3. The van der Waals surface area contributed by atoms with Crippen LogP contribution in [0, 0.1) is 0 Å². The average molecular weight is 1150 g/mol. The molecule has 89 heavy (non-hydrogen) atoms. The zero-order valence-corrected chi connectivity index (χ0v) is 49.8. The van der Waals surface area contributed by atoms with Gasteiger partial charge in [-0.15, -0.1) is 0 Å². The molecule has 3 nitrogen and oxygen atoms in total. The molecule has 0 radical (unpaired) electrons. The number of carbonyl (C=O) groups excluding carboxylic acids is 1. The Morgan fingerprint density at radius 3 is 0.955 bits per heavy atom. The molecule has 0 aliphatic rings. The number of hydrogen-bond acceptors (Lipinski definition) is 1. The highest BCUT2D eigenvalue weighted by Crippen LogP contribution is 2.43. The number of aromatic nitrogens is 2. The maximum absolute atomic E-state index is 14.3. The molecule has 14 aromatic carbocycles. The van der Waals surface area contributed by atoms with Gasteiger partial charge < -0.3 is 9.13 Å². The Balaban J connectivity index is 1.01. The molecule has 16 rings (SSSR count). The van der Waals surface area contributed by atoms with Gasteiger partial charge in [0.2, 0.25) is 0 Å². The number of nitrogens with zero attached hydrogens (tertiary/aromatic N) is 2. The van der Waals surface area contributed by atoms with Gasteiger partial charge in [0.15, 0.2) is 13.9 Å². The van der Waals surface area contributed by atoms with Crippen molar-refractivity contribution in [3.05, 3.63) is 363 Å². The molecular weight excluding hydrogens is 1090 g/mol. The largest absolute Gasteiger partial charge is 0.307 e. The second-order valence-electron chi connectivity index (χ2n) is 23.1. The van der Waals surface area contributed by atoms with Gasteiger partial charge in [-0.25, -0.2) is 0 Å². The van der Waals surface area contributed by atoms with Gasteiger partial charge in [-0.3, -0.25) is 4.79 Å². The van der Waals surface area contributed by atoms with Crippen LogP contribution in [0.4, 0.5) is 0 Å². The van der Waals surface area contributed by atoms with Crippen LogP contribution in [-0.2, 0) is 0 Å². The minimum atomic E-state index is -3.29. The van der Waals surface area contributed by atoms with Crippen molar-refractivity contribution in [3.63, 3.8) is 0 Å². The smallest absolute Gasteiger partial charge is 0.193 e. The molecular formula is C85H58N2OSi. The summed E-state index contributed by atoms with van der Waals surface area (Å²) in [6.45, 7) is 0. The molecule has 418 valence electrons. The molecule has 4 heteroatoms. The van der Waals surface area contributed by atoms with Gasteiger partial charge in [-0.2, -0.15) is 0 Å². The predicted octanol–water partition coefficient (Wildman–Crippen LogP) is 18.8. The summed E-state index contributed by atoms with van der Waals surface area (Å²) in [5, 5.41) is 9.70. The second-order valence-corrected chi connectivity index (χ2v) is 26.9. The molecule has 0 saturated heterocycles. The summed E-state index contributed by atoms with van der Waals surface area (Å²) in [6.07, 6.45) is 0. The molecule has 0 unspecified atom stereocenters. The molecule has 2 heterocycles. The van der Waals surface area contributed by atoms with E-state index in [1.54, 1.807) is 0 Å². The van der Waals surface area contributed by atoms with Gasteiger partial charge in [-0.05, 0) is 137 Å². The van der Waals surface area contributed by atoms with E-state index in [9.17, 15) is 4.79 Å². The minimum Gasteiger partial charge on any atom is -0.307 e. The Morgan fingerprint density at radius 2 is 0.551 bits per heavy atom. The topological polar surface area (TPSA) is 26.9 Å². The third-order valence-electron chi connectivity index (χ3n) is 18.1. The Kier molecular flexibility index (Phi) is 13.4. The quantitative estimate of drug-likeness (QED) is 0.0642. The molecule has 0 aliphatic heterocycles. The number of fused-ring (bicyclic) bond motifs is 6. The maximum Gasteiger partial charge on any atom is 0.193 e. The van der Waals surface area contributed by atoms with Crippen LogP contribution in [0.5, 0.6) is 0 Å². The van der Waals surface area contributed by atoms with Gasteiger partial charge in [-0.1, -0.05) is 291 Å². The normalized spacial score (nSPS) is 11.6. The molecule has 0 amide bonds. The van der Waals surface area contributed by atoms with E-state index in [1.165, 1.54) is 75.7 Å². The van der Waals surface area contributed by atoms with Crippen molar-refractivity contribution in [2.45, 2.75) is 0 Å². The van der Waals surface area contributed by atoms with Crippen LogP contribution in [0.3, 0.4) is 0 Å². The van der Waals surface area contributed by atoms with Crippen LogP contribution in [0.2, 0.25) is 0 Å². The lowest BCUT2D eigenvalue weighted by Gasteiger charge is -2.35. The molecule has 0 N–H and O–H groups in total. The number of hydrogen-bond donors (Lipinski definition) is 0. The summed E-state index contributed by atoms with van der Waals surface area (Å²) in [5.74, 6) is 0.00402. The Hall–Kier alpha value is -11.4. The number of ketones is 1. The maximum atomic E-state index is 14.3. The fourth-order valence-electron chi connectivity index (χ4n) is 13.9. The summed E-state index contributed by atoms with van der Waals surface area (Å²) in [5.41, 5.74) is 19.2. The zero-order chi connectivity index (χ0) is 59.3. The van der Waals surface area contributed by atoms with Crippen LogP contribution in [0.1, 0.15) is 15.9 Å². The molecule has 0 aliphatic carbocycles. The van der Waals surface area contributed by atoms with E-state index in [4.69, 9.17) is 0 Å². The first-order valence-electron chi connectivity index (χ1n) is 30.5. The van der Waals surface area contributed by atoms with Gasteiger partial charge in [0.05, 0.1) is 33.4 Å². The van der Waals surface area contributed by atoms with Crippen LogP contribution in [0.15, 0.2) is 352 Å². The van der Waals surface area contributed by atoms with Gasteiger partial charge in [0.25, 0.3) is 0 Å². The summed E-state index contributed by atoms with van der Waals surface area (Å²) < 4.78 is 5.08. The summed E-state index contributed by atoms with van der Waals surface area (Å²) in [6, 6.07) is 128. The van der Waals surface area contributed by atoms with Crippen LogP contribution in [-0.4, -0.2) is 23.0 Å². The molecule has 0 saturated carbocycles. The first-order valence-corrected chi connectivity index (χ1v) is 32.5. The van der Waals surface area contributed by atoms with E-state index in [-0.39, 0.29) is 5.78 Å². The van der Waals surface area contributed by atoms with Gasteiger partial charge >= 0.3 is 0 Å². The van der Waals surface area contributed by atoms with E-state index in [0.29, 0.717) is 11.1 Å². The highest BCUT2D eigenvalue weighted by atomic mass is 28.3. The Labute approximate surface area is 519 Å². The highest BCUT2D eigenvalue weighted by molar-refractivity contribution is 7.20. The van der Waals surface area contributed by atoms with Crippen molar-refractivity contribution in [2.24, 2.45) is 0 Å². The molecule has 0 atom stereocenters. The van der Waals surface area contributed by atoms with Crippen molar-refractivity contribution < 1.29 is 4.79 Å². The summed E-state index contributed by atoms with van der Waals surface area (Å²) in [7, 11) is -3.29. The van der Waals surface area contributed by atoms with E-state index in [0.717, 1.165) is 55.7 Å². The van der Waals surface area contributed by atoms with Gasteiger partial charge in [0.1, 0.15) is 0 Å². The number of carbonyl (C=O) groups is 1. The van der Waals surface area contributed by atoms with Crippen molar-refractivity contribution in [2.75, 3.05) is 0 Å². The number of rotatable bonds is 13. The minimum absolute atomic E-state index is 0.00402. The van der Waals surface area contributed by atoms with E-state index in [2.05, 4.69) is 312 Å². The molecule has 0 fully saturated rings. The SMILES string of the molecule is O=C(c1ccccc1)c1ccccc1-c1ccc([Si](c2ccccc2)(c2ccccc2)c2ccc(-n3c4ccc(-c5ccccc5)cc4c4cc(-c5ccccc5)ccc43)c(-n3c4ccc(-c5ccccc5)cc4c4cc(-c5ccccc5)ccc43)c2)cc1. The van der Waals surface area contributed by atoms with E-state index < -0.39 is 8.07 Å². The average Bonchev–Trinajstić information content (AvgIpc) is 1.67. The zero-order valence-electron chi connectivity index (χ0n) is 48.8. The highest BCUT2D eigenvalue weighted by Gasteiger charge is 2.42. The monoisotopic (exact) mass is 1150 g/mol. The molecule has 2 aromatic heterocycles. The van der Waals surface area contributed by atoms with E-state index >= 15 is 0 Å². The lowest BCUT2D eigenvalue weighted by molar-refractivity contribution is 0.103. The fraction of sp³-hybridized carbons (Fsp3) is 0. The molecule has 16 aromatic rings. The van der Waals surface area contributed by atoms with Crippen molar-refractivity contribution in [3.8, 4) is 67.0 Å². The lowest BCUT2D eigenvalue weighted by Crippen LogP contribution is -2.74. The first kappa shape index (κ1) is 53.1. The van der Waals surface area contributed by atoms with Gasteiger partial charge in [0, 0.05) is 32.7 Å². The lowest BCUT2D eigenvalue weighted by atomic mass is 9.94. The Morgan fingerprint density at radius 1 is 0.236 bits per heavy atom. The van der Waals surface area contributed by atoms with Crippen molar-refractivity contribution in [1.29, 1.82) is 0 Å². The third kappa shape index (κ3) is 9.25. The number of benzene rings is 14. The van der Waals surface area contributed by atoms with Crippen molar-refractivity contribution in [1.82, 2.24) is 9.13 Å². The third-order valence-corrected chi connectivity index (χ3v) is 22.9. The summed E-state index contributed by atoms with van der Waals surface area (Å²) >= 11 is 0. The molecule has 0 spiro atoms. The standard InChI is InChI=1S/C85H58N2OSi/c88-85(64-32-16-5-17-33-64)74-39-23-22-38-73(74)63-40-46-71(47-41-63)89(69-34-18-6-19-35-69,70-36-20-7-21-37-70)72-48-53-83(86-79-49-42-65(59-24-8-1-9-25-59)54-75(79)76-55-66(43-50-80(76)86)60-26-10-2-11-27-60)84(58-72)87-81-51-44-67(61-28-12-3-13-29-61)56-77(81)78-57-68(45-52-82(78)87)62-30-14-4-15-31-62/h1-58H. The van der Waals surface area contributed by atoms with Crippen LogP contribution >= 0.6 is 0 Å². The van der Waals surface area contributed by atoms with Crippen molar-refractivity contribution >= 4 is 78.2 Å².